The number of hydrogen-bond acceptors (Lipinski definition) is 5. The predicted molar refractivity (Wildman–Crippen MR) is 83.6 cm³/mol. The quantitative estimate of drug-likeness (QED) is 0.638. The minimum Gasteiger partial charge on any atom is -0.378 e. The predicted octanol–water partition coefficient (Wildman–Crippen LogP) is 1.77. The number of hydrogen-bond donors (Lipinski definition) is 0. The van der Waals surface area contributed by atoms with E-state index in [9.17, 15) is 14.9 Å². The van der Waals surface area contributed by atoms with Crippen molar-refractivity contribution in [3.05, 3.63) is 44.7 Å². The van der Waals surface area contributed by atoms with Crippen LogP contribution in [0.4, 0.5) is 11.4 Å². The van der Waals surface area contributed by atoms with Crippen LogP contribution in [0.2, 0.25) is 0 Å². The number of pyridine rings is 1. The molecule has 0 saturated carbocycles. The highest BCUT2D eigenvalue weighted by atomic mass is 16.6. The van der Waals surface area contributed by atoms with Gasteiger partial charge in [-0.15, -0.1) is 0 Å². The third kappa shape index (κ3) is 2.43. The smallest absolute Gasteiger partial charge is 0.270 e. The summed E-state index contributed by atoms with van der Waals surface area (Å²) in [6, 6.07) is 6.21. The van der Waals surface area contributed by atoms with Gasteiger partial charge in [-0.05, 0) is 13.0 Å². The number of rotatable bonds is 3. The first-order valence-electron chi connectivity index (χ1n) is 7.26. The number of benzene rings is 1. The molecule has 1 aromatic carbocycles. The summed E-state index contributed by atoms with van der Waals surface area (Å²) in [6.07, 6.45) is 0. The summed E-state index contributed by atoms with van der Waals surface area (Å²) in [5, 5.41) is 11.8. The van der Waals surface area contributed by atoms with Gasteiger partial charge >= 0.3 is 0 Å². The molecule has 1 aliphatic rings. The van der Waals surface area contributed by atoms with E-state index in [0.717, 1.165) is 16.6 Å². The van der Waals surface area contributed by atoms with Crippen molar-refractivity contribution in [3.63, 3.8) is 0 Å². The third-order valence-corrected chi connectivity index (χ3v) is 3.95. The molecular weight excluding hydrogens is 286 g/mol. The Morgan fingerprint density at radius 2 is 2.00 bits per heavy atom. The zero-order valence-electron chi connectivity index (χ0n) is 12.3. The number of non-ortho nitro benzene ring substituents is 1. The normalized spacial score (nSPS) is 15.2. The van der Waals surface area contributed by atoms with Crippen LogP contribution >= 0.6 is 0 Å². The minimum absolute atomic E-state index is 0.0308. The van der Waals surface area contributed by atoms with E-state index in [0.29, 0.717) is 32.8 Å². The number of fused-ring (bicyclic) bond motifs is 1. The lowest BCUT2D eigenvalue weighted by molar-refractivity contribution is -0.384. The van der Waals surface area contributed by atoms with E-state index in [4.69, 9.17) is 4.74 Å². The van der Waals surface area contributed by atoms with Gasteiger partial charge < -0.3 is 14.2 Å². The molecule has 1 aliphatic heterocycles. The molecule has 0 amide bonds. The van der Waals surface area contributed by atoms with Crippen molar-refractivity contribution in [1.82, 2.24) is 4.57 Å². The number of aryl methyl sites for hydroxylation is 1. The monoisotopic (exact) mass is 303 g/mol. The van der Waals surface area contributed by atoms with Gasteiger partial charge in [0.25, 0.3) is 11.2 Å². The maximum Gasteiger partial charge on any atom is 0.270 e. The average molecular weight is 303 g/mol. The first kappa shape index (κ1) is 14.5. The first-order chi connectivity index (χ1) is 10.6. The molecule has 7 heteroatoms. The molecule has 0 aliphatic carbocycles. The summed E-state index contributed by atoms with van der Waals surface area (Å²) in [4.78, 5) is 25.0. The molecule has 0 bridgehead atoms. The van der Waals surface area contributed by atoms with Crippen molar-refractivity contribution in [2.24, 2.45) is 0 Å². The van der Waals surface area contributed by atoms with Gasteiger partial charge in [0, 0.05) is 43.2 Å². The van der Waals surface area contributed by atoms with Crippen LogP contribution in [-0.2, 0) is 11.3 Å². The molecular formula is C15H17N3O4. The largest absolute Gasteiger partial charge is 0.378 e. The molecule has 22 heavy (non-hydrogen) atoms. The molecule has 1 saturated heterocycles. The molecule has 0 N–H and O–H groups in total. The molecule has 0 radical (unpaired) electrons. The van der Waals surface area contributed by atoms with E-state index < -0.39 is 4.92 Å². The summed E-state index contributed by atoms with van der Waals surface area (Å²) in [6.45, 7) is 4.94. The second-order valence-corrected chi connectivity index (χ2v) is 5.17. The van der Waals surface area contributed by atoms with Gasteiger partial charge in [0.05, 0.1) is 29.3 Å². The zero-order valence-corrected chi connectivity index (χ0v) is 12.3. The fourth-order valence-corrected chi connectivity index (χ4v) is 2.86. The molecule has 0 atom stereocenters. The van der Waals surface area contributed by atoms with E-state index in [-0.39, 0.29) is 11.2 Å². The number of nitrogens with zero attached hydrogens (tertiary/aromatic N) is 3. The van der Waals surface area contributed by atoms with E-state index in [1.54, 1.807) is 22.8 Å². The molecule has 2 heterocycles. The Morgan fingerprint density at radius 1 is 1.27 bits per heavy atom. The van der Waals surface area contributed by atoms with Gasteiger partial charge in [-0.25, -0.2) is 0 Å². The third-order valence-electron chi connectivity index (χ3n) is 3.95. The zero-order chi connectivity index (χ0) is 15.7. The van der Waals surface area contributed by atoms with Gasteiger partial charge in [0.1, 0.15) is 0 Å². The van der Waals surface area contributed by atoms with Crippen molar-refractivity contribution in [2.45, 2.75) is 13.5 Å². The van der Waals surface area contributed by atoms with Gasteiger partial charge in [-0.2, -0.15) is 0 Å². The van der Waals surface area contributed by atoms with Crippen molar-refractivity contribution >= 4 is 22.3 Å². The number of aromatic nitrogens is 1. The highest BCUT2D eigenvalue weighted by Crippen LogP contribution is 2.29. The van der Waals surface area contributed by atoms with Gasteiger partial charge in [0.15, 0.2) is 0 Å². The second kappa shape index (κ2) is 5.76. The SMILES string of the molecule is CCn1c(=O)cc(N2CCOCC2)c2cc([N+](=O)[O-])ccc21. The maximum absolute atomic E-state index is 12.3. The fourth-order valence-electron chi connectivity index (χ4n) is 2.86. The Kier molecular flexibility index (Phi) is 3.81. The average Bonchev–Trinajstić information content (AvgIpc) is 2.54. The van der Waals surface area contributed by atoms with Crippen LogP contribution in [0.3, 0.4) is 0 Å². The number of nitro benzene ring substituents is 1. The Labute approximate surface area is 126 Å². The topological polar surface area (TPSA) is 77.6 Å². The van der Waals surface area contributed by atoms with Crippen LogP contribution in [-0.4, -0.2) is 35.8 Å². The molecule has 2 aromatic rings. The van der Waals surface area contributed by atoms with Crippen molar-refractivity contribution < 1.29 is 9.66 Å². The summed E-state index contributed by atoms with van der Waals surface area (Å²) >= 11 is 0. The van der Waals surface area contributed by atoms with Crippen LogP contribution in [0.5, 0.6) is 0 Å². The minimum atomic E-state index is -0.413. The molecule has 1 fully saturated rings. The summed E-state index contributed by atoms with van der Waals surface area (Å²) in [5.74, 6) is 0. The van der Waals surface area contributed by atoms with Crippen LogP contribution < -0.4 is 10.5 Å². The lowest BCUT2D eigenvalue weighted by Crippen LogP contribution is -2.37. The van der Waals surface area contributed by atoms with Gasteiger partial charge in [0.2, 0.25) is 0 Å². The van der Waals surface area contributed by atoms with E-state index in [2.05, 4.69) is 4.90 Å². The molecule has 0 unspecified atom stereocenters. The standard InChI is InChI=1S/C15H17N3O4/c1-2-17-13-4-3-11(18(20)21)9-12(13)14(10-15(17)19)16-5-7-22-8-6-16/h3-4,9-10H,2,5-8H2,1H3. The van der Waals surface area contributed by atoms with E-state index >= 15 is 0 Å². The summed E-state index contributed by atoms with van der Waals surface area (Å²) in [7, 11) is 0. The Balaban J connectivity index is 2.27. The second-order valence-electron chi connectivity index (χ2n) is 5.17. The van der Waals surface area contributed by atoms with Crippen molar-refractivity contribution in [1.29, 1.82) is 0 Å². The first-order valence-corrected chi connectivity index (χ1v) is 7.26. The van der Waals surface area contributed by atoms with E-state index in [1.807, 2.05) is 6.92 Å². The Bertz CT molecular complexity index is 778. The summed E-state index contributed by atoms with van der Waals surface area (Å²) < 4.78 is 6.97. The van der Waals surface area contributed by atoms with Crippen LogP contribution in [0.1, 0.15) is 6.92 Å². The Morgan fingerprint density at radius 3 is 2.64 bits per heavy atom. The summed E-state index contributed by atoms with van der Waals surface area (Å²) in [5.41, 5.74) is 1.41. The van der Waals surface area contributed by atoms with E-state index in [1.165, 1.54) is 6.07 Å². The van der Waals surface area contributed by atoms with Crippen LogP contribution in [0.25, 0.3) is 10.9 Å². The number of anilines is 1. The number of nitro groups is 1. The Hall–Kier alpha value is -2.41. The molecule has 3 rings (SSSR count). The number of morpholine rings is 1. The van der Waals surface area contributed by atoms with Crippen LogP contribution in [0.15, 0.2) is 29.1 Å². The molecule has 116 valence electrons. The number of ether oxygens (including phenoxy) is 1. The lowest BCUT2D eigenvalue weighted by atomic mass is 10.1. The molecule has 7 nitrogen and oxygen atoms in total. The fraction of sp³-hybridized carbons (Fsp3) is 0.400. The highest BCUT2D eigenvalue weighted by Gasteiger charge is 2.18. The molecule has 0 spiro atoms. The molecule has 1 aromatic heterocycles. The van der Waals surface area contributed by atoms with Crippen molar-refractivity contribution in [2.75, 3.05) is 31.2 Å². The van der Waals surface area contributed by atoms with Crippen molar-refractivity contribution in [3.8, 4) is 0 Å². The van der Waals surface area contributed by atoms with Gasteiger partial charge in [-0.3, -0.25) is 14.9 Å². The van der Waals surface area contributed by atoms with Gasteiger partial charge in [-0.1, -0.05) is 0 Å². The van der Waals surface area contributed by atoms with Crippen LogP contribution in [0, 0.1) is 10.1 Å². The highest BCUT2D eigenvalue weighted by molar-refractivity contribution is 5.93. The lowest BCUT2D eigenvalue weighted by Gasteiger charge is -2.30. The maximum atomic E-state index is 12.3.